The molecule has 1 saturated heterocycles. The van der Waals surface area contributed by atoms with Crippen molar-refractivity contribution in [2.45, 2.75) is 31.1 Å². The van der Waals surface area contributed by atoms with Crippen LogP contribution in [-0.2, 0) is 26.0 Å². The van der Waals surface area contributed by atoms with Crippen molar-refractivity contribution in [3.05, 3.63) is 23.8 Å². The fourth-order valence-electron chi connectivity index (χ4n) is 3.36. The number of hydrogen-bond acceptors (Lipinski definition) is 4. The van der Waals surface area contributed by atoms with Crippen LogP contribution >= 0.6 is 0 Å². The Bertz CT molecular complexity index is 790. The van der Waals surface area contributed by atoms with Crippen molar-refractivity contribution in [3.8, 4) is 0 Å². The molecule has 0 aromatic heterocycles. The van der Waals surface area contributed by atoms with Crippen LogP contribution in [0.5, 0.6) is 0 Å². The van der Waals surface area contributed by atoms with E-state index in [1.807, 2.05) is 0 Å². The van der Waals surface area contributed by atoms with E-state index in [9.17, 15) is 18.0 Å². The molecular formula is C16H20N2O5S. The Morgan fingerprint density at radius 1 is 1.25 bits per heavy atom. The standard InChI is InChI=1S/C16H20N2O5S/c1-11(19)18-8-6-12-4-5-14(9-15(12)18)24(22,23)17-7-2-3-13(10-17)16(20)21/h4-5,9,13H,2-3,6-8,10H2,1H3,(H,20,21). The fraction of sp³-hybridized carbons (Fsp3) is 0.500. The van der Waals surface area contributed by atoms with Gasteiger partial charge in [0.25, 0.3) is 0 Å². The summed E-state index contributed by atoms with van der Waals surface area (Å²) in [5.74, 6) is -1.75. The van der Waals surface area contributed by atoms with E-state index in [1.165, 1.54) is 17.3 Å². The highest BCUT2D eigenvalue weighted by molar-refractivity contribution is 7.89. The number of hydrogen-bond donors (Lipinski definition) is 1. The number of piperidine rings is 1. The Kier molecular flexibility index (Phi) is 4.35. The lowest BCUT2D eigenvalue weighted by atomic mass is 10.0. The van der Waals surface area contributed by atoms with Crippen LogP contribution < -0.4 is 4.90 Å². The summed E-state index contributed by atoms with van der Waals surface area (Å²) in [7, 11) is -3.77. The zero-order chi connectivity index (χ0) is 17.5. The van der Waals surface area contributed by atoms with E-state index in [1.54, 1.807) is 17.0 Å². The van der Waals surface area contributed by atoms with Crippen molar-refractivity contribution in [1.29, 1.82) is 0 Å². The van der Waals surface area contributed by atoms with E-state index in [4.69, 9.17) is 5.11 Å². The number of carboxylic acids is 1. The van der Waals surface area contributed by atoms with E-state index >= 15 is 0 Å². The lowest BCUT2D eigenvalue weighted by Gasteiger charge is -2.30. The average Bonchev–Trinajstić information content (AvgIpc) is 2.98. The summed E-state index contributed by atoms with van der Waals surface area (Å²) in [4.78, 5) is 24.5. The molecule has 1 amide bonds. The van der Waals surface area contributed by atoms with Crippen molar-refractivity contribution in [3.63, 3.8) is 0 Å². The van der Waals surface area contributed by atoms with Gasteiger partial charge in [-0.25, -0.2) is 8.42 Å². The maximum atomic E-state index is 12.9. The van der Waals surface area contributed by atoms with Crippen LogP contribution in [0.15, 0.2) is 23.1 Å². The third-order valence-corrected chi connectivity index (χ3v) is 6.56. The molecule has 130 valence electrons. The quantitative estimate of drug-likeness (QED) is 0.878. The van der Waals surface area contributed by atoms with Gasteiger partial charge in [0.2, 0.25) is 15.9 Å². The normalized spacial score (nSPS) is 21.5. The van der Waals surface area contributed by atoms with Gasteiger partial charge in [-0.05, 0) is 37.0 Å². The lowest BCUT2D eigenvalue weighted by molar-refractivity contribution is -0.142. The summed E-state index contributed by atoms with van der Waals surface area (Å²) in [5, 5.41) is 9.15. The number of benzene rings is 1. The predicted molar refractivity (Wildman–Crippen MR) is 87.3 cm³/mol. The van der Waals surface area contributed by atoms with Crippen molar-refractivity contribution < 1.29 is 23.1 Å². The summed E-state index contributed by atoms with van der Waals surface area (Å²) >= 11 is 0. The number of carboxylic acid groups (broad SMARTS) is 1. The first-order valence-corrected chi connectivity index (χ1v) is 9.38. The highest BCUT2D eigenvalue weighted by atomic mass is 32.2. The summed E-state index contributed by atoms with van der Waals surface area (Å²) < 4.78 is 27.0. The number of amides is 1. The number of carbonyl (C=O) groups is 2. The lowest BCUT2D eigenvalue weighted by Crippen LogP contribution is -2.42. The van der Waals surface area contributed by atoms with Gasteiger partial charge < -0.3 is 10.0 Å². The Morgan fingerprint density at radius 2 is 2.00 bits per heavy atom. The molecule has 0 bridgehead atoms. The van der Waals surface area contributed by atoms with Gasteiger partial charge in [0, 0.05) is 32.2 Å². The first-order chi connectivity index (χ1) is 11.3. The van der Waals surface area contributed by atoms with Crippen LogP contribution in [0, 0.1) is 5.92 Å². The molecule has 2 heterocycles. The molecule has 7 nitrogen and oxygen atoms in total. The molecule has 0 saturated carbocycles. The van der Waals surface area contributed by atoms with Gasteiger partial charge in [0.15, 0.2) is 0 Å². The maximum absolute atomic E-state index is 12.9. The molecule has 24 heavy (non-hydrogen) atoms. The Labute approximate surface area is 140 Å². The van der Waals surface area contributed by atoms with E-state index in [0.29, 0.717) is 38.0 Å². The van der Waals surface area contributed by atoms with Gasteiger partial charge in [0.05, 0.1) is 10.8 Å². The van der Waals surface area contributed by atoms with Gasteiger partial charge >= 0.3 is 5.97 Å². The number of nitrogens with zero attached hydrogens (tertiary/aromatic N) is 2. The Morgan fingerprint density at radius 3 is 2.67 bits per heavy atom. The van der Waals surface area contributed by atoms with Crippen LogP contribution in [0.2, 0.25) is 0 Å². The van der Waals surface area contributed by atoms with Crippen LogP contribution in [-0.4, -0.2) is 49.3 Å². The van der Waals surface area contributed by atoms with Crippen LogP contribution in [0.25, 0.3) is 0 Å². The molecule has 1 atom stereocenters. The number of fused-ring (bicyclic) bond motifs is 1. The number of aliphatic carboxylic acids is 1. The summed E-state index contributed by atoms with van der Waals surface area (Å²) in [6.45, 7) is 2.32. The molecule has 2 aliphatic heterocycles. The number of sulfonamides is 1. The third kappa shape index (κ3) is 2.91. The van der Waals surface area contributed by atoms with Gasteiger partial charge in [-0.1, -0.05) is 6.07 Å². The van der Waals surface area contributed by atoms with Crippen LogP contribution in [0.1, 0.15) is 25.3 Å². The zero-order valence-electron chi connectivity index (χ0n) is 13.4. The molecule has 1 fully saturated rings. The van der Waals surface area contributed by atoms with E-state index in [0.717, 1.165) is 5.56 Å². The first kappa shape index (κ1) is 16.9. The van der Waals surface area contributed by atoms with Gasteiger partial charge in [0.1, 0.15) is 0 Å². The molecule has 1 N–H and O–H groups in total. The van der Waals surface area contributed by atoms with Gasteiger partial charge in [-0.3, -0.25) is 9.59 Å². The maximum Gasteiger partial charge on any atom is 0.307 e. The topological polar surface area (TPSA) is 95.0 Å². The van der Waals surface area contributed by atoms with Gasteiger partial charge in [-0.15, -0.1) is 0 Å². The first-order valence-electron chi connectivity index (χ1n) is 7.94. The van der Waals surface area contributed by atoms with E-state index < -0.39 is 21.9 Å². The molecule has 0 spiro atoms. The molecule has 1 aromatic carbocycles. The minimum absolute atomic E-state index is 0.00876. The third-order valence-electron chi connectivity index (χ3n) is 4.70. The van der Waals surface area contributed by atoms with Crippen molar-refractivity contribution in [2.75, 3.05) is 24.5 Å². The molecule has 2 aliphatic rings. The summed E-state index contributed by atoms with van der Waals surface area (Å²) in [6.07, 6.45) is 1.73. The van der Waals surface area contributed by atoms with Gasteiger partial charge in [-0.2, -0.15) is 4.31 Å². The summed E-state index contributed by atoms with van der Waals surface area (Å²) in [5.41, 5.74) is 1.58. The minimum atomic E-state index is -3.77. The largest absolute Gasteiger partial charge is 0.481 e. The van der Waals surface area contributed by atoms with Crippen LogP contribution in [0.4, 0.5) is 5.69 Å². The van der Waals surface area contributed by atoms with Crippen molar-refractivity contribution >= 4 is 27.6 Å². The molecule has 1 unspecified atom stereocenters. The second-order valence-electron chi connectivity index (χ2n) is 6.25. The Hall–Kier alpha value is -1.93. The zero-order valence-corrected chi connectivity index (χ0v) is 14.3. The Balaban J connectivity index is 1.92. The van der Waals surface area contributed by atoms with Crippen molar-refractivity contribution in [1.82, 2.24) is 4.31 Å². The molecule has 3 rings (SSSR count). The summed E-state index contributed by atoms with van der Waals surface area (Å²) in [6, 6.07) is 4.81. The molecular weight excluding hydrogens is 332 g/mol. The van der Waals surface area contributed by atoms with Crippen LogP contribution in [0.3, 0.4) is 0 Å². The predicted octanol–water partition coefficient (Wildman–Crippen LogP) is 1.08. The van der Waals surface area contributed by atoms with E-state index in [2.05, 4.69) is 0 Å². The van der Waals surface area contributed by atoms with E-state index in [-0.39, 0.29) is 17.3 Å². The molecule has 1 aromatic rings. The molecule has 0 radical (unpaired) electrons. The highest BCUT2D eigenvalue weighted by Gasteiger charge is 2.34. The number of anilines is 1. The van der Waals surface area contributed by atoms with Crippen molar-refractivity contribution in [2.24, 2.45) is 5.92 Å². The smallest absolute Gasteiger partial charge is 0.307 e. The fourth-order valence-corrected chi connectivity index (χ4v) is 4.90. The number of rotatable bonds is 3. The number of carbonyl (C=O) groups excluding carboxylic acids is 1. The second-order valence-corrected chi connectivity index (χ2v) is 8.19. The average molecular weight is 352 g/mol. The molecule has 0 aliphatic carbocycles. The SMILES string of the molecule is CC(=O)N1CCc2ccc(S(=O)(=O)N3CCCC(C(=O)O)C3)cc21. The minimum Gasteiger partial charge on any atom is -0.481 e. The highest BCUT2D eigenvalue weighted by Crippen LogP contribution is 2.32. The second kappa shape index (κ2) is 6.18. The monoisotopic (exact) mass is 352 g/mol. The molecule has 8 heteroatoms.